The Kier molecular flexibility index (Phi) is 6.97. The zero-order valence-electron chi connectivity index (χ0n) is 20.7. The number of benzene rings is 4. The Hall–Kier alpha value is -4.09. The first-order valence-corrected chi connectivity index (χ1v) is 12.6. The van der Waals surface area contributed by atoms with Crippen molar-refractivity contribution in [2.75, 3.05) is 16.9 Å². The van der Waals surface area contributed by atoms with E-state index in [0.29, 0.717) is 28.3 Å². The van der Waals surface area contributed by atoms with Crippen molar-refractivity contribution in [1.82, 2.24) is 0 Å². The highest BCUT2D eigenvalue weighted by molar-refractivity contribution is 6.30. The smallest absolute Gasteiger partial charge is 0.258 e. The summed E-state index contributed by atoms with van der Waals surface area (Å²) < 4.78 is 5.28. The van der Waals surface area contributed by atoms with Crippen molar-refractivity contribution in [3.63, 3.8) is 0 Å². The fourth-order valence-corrected chi connectivity index (χ4v) is 5.09. The predicted octanol–water partition coefficient (Wildman–Crippen LogP) is 7.18. The average molecular weight is 511 g/mol. The molecule has 5 rings (SSSR count). The number of hydrogen-bond acceptors (Lipinski definition) is 3. The summed E-state index contributed by atoms with van der Waals surface area (Å²) in [6.45, 7) is 2.03. The molecule has 0 N–H and O–H groups in total. The SMILES string of the molecule is COc1ccc(C(=O)N(c2ccccc2)[C@@H]2C[C@@H](C)N(C(=O)c3ccc(Cl)cc3)c3ccccc32)cc1. The molecule has 0 saturated heterocycles. The Morgan fingerprint density at radius 3 is 2.14 bits per heavy atom. The predicted molar refractivity (Wildman–Crippen MR) is 148 cm³/mol. The van der Waals surface area contributed by atoms with E-state index in [9.17, 15) is 9.59 Å². The van der Waals surface area contributed by atoms with E-state index in [-0.39, 0.29) is 23.9 Å². The lowest BCUT2D eigenvalue weighted by Gasteiger charge is -2.43. The van der Waals surface area contributed by atoms with Gasteiger partial charge < -0.3 is 14.5 Å². The second-order valence-corrected chi connectivity index (χ2v) is 9.52. The van der Waals surface area contributed by atoms with E-state index in [2.05, 4.69) is 0 Å². The fourth-order valence-electron chi connectivity index (χ4n) is 4.97. The van der Waals surface area contributed by atoms with Crippen LogP contribution in [0, 0.1) is 0 Å². The number of amides is 2. The van der Waals surface area contributed by atoms with Crippen LogP contribution in [0.5, 0.6) is 5.75 Å². The highest BCUT2D eigenvalue weighted by Gasteiger charge is 2.39. The molecular weight excluding hydrogens is 484 g/mol. The third-order valence-electron chi connectivity index (χ3n) is 6.77. The summed E-state index contributed by atoms with van der Waals surface area (Å²) in [5.41, 5.74) is 3.66. The molecule has 4 aromatic rings. The van der Waals surface area contributed by atoms with Gasteiger partial charge in [0, 0.05) is 33.6 Å². The summed E-state index contributed by atoms with van der Waals surface area (Å²) in [4.78, 5) is 31.3. The molecule has 0 saturated carbocycles. The minimum atomic E-state index is -0.266. The van der Waals surface area contributed by atoms with Crippen molar-refractivity contribution in [2.24, 2.45) is 0 Å². The monoisotopic (exact) mass is 510 g/mol. The first kappa shape index (κ1) is 24.6. The van der Waals surface area contributed by atoms with Gasteiger partial charge in [0.1, 0.15) is 5.75 Å². The summed E-state index contributed by atoms with van der Waals surface area (Å²) in [5, 5.41) is 0.583. The number of carbonyl (C=O) groups is 2. The molecule has 0 fully saturated rings. The summed E-state index contributed by atoms with van der Waals surface area (Å²) >= 11 is 6.05. The number of halogens is 1. The van der Waals surface area contributed by atoms with Crippen LogP contribution in [0.15, 0.2) is 103 Å². The molecule has 0 aromatic heterocycles. The van der Waals surface area contributed by atoms with E-state index in [0.717, 1.165) is 16.9 Å². The molecule has 6 heteroatoms. The molecule has 0 unspecified atom stereocenters. The van der Waals surface area contributed by atoms with Gasteiger partial charge in [0.2, 0.25) is 0 Å². The van der Waals surface area contributed by atoms with Crippen molar-refractivity contribution in [3.8, 4) is 5.75 Å². The van der Waals surface area contributed by atoms with Gasteiger partial charge in [-0.25, -0.2) is 0 Å². The van der Waals surface area contributed by atoms with Crippen LogP contribution < -0.4 is 14.5 Å². The van der Waals surface area contributed by atoms with Gasteiger partial charge in [-0.2, -0.15) is 0 Å². The zero-order valence-corrected chi connectivity index (χ0v) is 21.4. The molecule has 1 heterocycles. The lowest BCUT2D eigenvalue weighted by Crippen LogP contribution is -2.47. The summed E-state index contributed by atoms with van der Waals surface area (Å²) in [6.07, 6.45) is 0.577. The molecule has 0 radical (unpaired) electrons. The van der Waals surface area contributed by atoms with Gasteiger partial charge >= 0.3 is 0 Å². The fraction of sp³-hybridized carbons (Fsp3) is 0.161. The molecule has 5 nitrogen and oxygen atoms in total. The Morgan fingerprint density at radius 2 is 1.46 bits per heavy atom. The van der Waals surface area contributed by atoms with Crippen LogP contribution >= 0.6 is 11.6 Å². The number of fused-ring (bicyclic) bond motifs is 1. The Bertz CT molecular complexity index is 1400. The van der Waals surface area contributed by atoms with E-state index >= 15 is 0 Å². The molecule has 4 aromatic carbocycles. The molecule has 1 aliphatic heterocycles. The van der Waals surface area contributed by atoms with Crippen LogP contribution in [-0.2, 0) is 0 Å². The Balaban J connectivity index is 1.58. The van der Waals surface area contributed by atoms with Gasteiger partial charge in [0.25, 0.3) is 11.8 Å². The van der Waals surface area contributed by atoms with Gasteiger partial charge in [-0.3, -0.25) is 9.59 Å². The van der Waals surface area contributed by atoms with Gasteiger partial charge in [0.05, 0.1) is 13.2 Å². The zero-order chi connectivity index (χ0) is 25.9. The van der Waals surface area contributed by atoms with Crippen LogP contribution in [0.25, 0.3) is 0 Å². The quantitative estimate of drug-likeness (QED) is 0.286. The standard InChI is InChI=1S/C31H27ClN2O3/c1-21-20-29(27-10-6-7-11-28(27)33(21)30(35)22-12-16-24(32)17-13-22)34(25-8-4-3-5-9-25)31(36)23-14-18-26(37-2)19-15-23/h3-19,21,29H,20H2,1-2H3/t21-,29-/m1/s1. The van der Waals surface area contributed by atoms with Crippen molar-refractivity contribution < 1.29 is 14.3 Å². The van der Waals surface area contributed by atoms with E-state index in [4.69, 9.17) is 16.3 Å². The van der Waals surface area contributed by atoms with Crippen LogP contribution in [0.2, 0.25) is 5.02 Å². The highest BCUT2D eigenvalue weighted by Crippen LogP contribution is 2.43. The van der Waals surface area contributed by atoms with E-state index in [1.54, 1.807) is 55.6 Å². The largest absolute Gasteiger partial charge is 0.497 e. The highest BCUT2D eigenvalue weighted by atomic mass is 35.5. The molecule has 0 aliphatic carbocycles. The topological polar surface area (TPSA) is 49.9 Å². The second kappa shape index (κ2) is 10.5. The van der Waals surface area contributed by atoms with E-state index in [1.807, 2.05) is 71.3 Å². The molecule has 0 bridgehead atoms. The Morgan fingerprint density at radius 1 is 0.838 bits per heavy atom. The van der Waals surface area contributed by atoms with Gasteiger partial charge in [-0.05, 0) is 85.6 Å². The number of methoxy groups -OCH3 is 1. The first-order chi connectivity index (χ1) is 18.0. The summed E-state index contributed by atoms with van der Waals surface area (Å²) in [6, 6.07) is 31.2. The second-order valence-electron chi connectivity index (χ2n) is 9.08. The third kappa shape index (κ3) is 4.83. The van der Waals surface area contributed by atoms with Crippen LogP contribution in [0.1, 0.15) is 45.7 Å². The molecule has 2 atom stereocenters. The van der Waals surface area contributed by atoms with Crippen LogP contribution in [0.3, 0.4) is 0 Å². The molecule has 186 valence electrons. The Labute approximate surface area is 221 Å². The normalized spacial score (nSPS) is 16.6. The van der Waals surface area contributed by atoms with Crippen LogP contribution in [0.4, 0.5) is 11.4 Å². The minimum absolute atomic E-state index is 0.0946. The third-order valence-corrected chi connectivity index (χ3v) is 7.02. The number of carbonyl (C=O) groups excluding carboxylic acids is 2. The maximum atomic E-state index is 14.0. The van der Waals surface area contributed by atoms with Crippen LogP contribution in [-0.4, -0.2) is 25.0 Å². The van der Waals surface area contributed by atoms with E-state index in [1.165, 1.54) is 0 Å². The number of rotatable bonds is 5. The van der Waals surface area contributed by atoms with Crippen molar-refractivity contribution in [3.05, 3.63) is 125 Å². The number of nitrogens with zero attached hydrogens (tertiary/aromatic N) is 2. The van der Waals surface area contributed by atoms with Gasteiger partial charge in [-0.15, -0.1) is 0 Å². The van der Waals surface area contributed by atoms with Gasteiger partial charge in [-0.1, -0.05) is 48.0 Å². The number of hydrogen-bond donors (Lipinski definition) is 0. The maximum Gasteiger partial charge on any atom is 0.258 e. The maximum absolute atomic E-state index is 14.0. The molecule has 2 amide bonds. The summed E-state index contributed by atoms with van der Waals surface area (Å²) in [5.74, 6) is 0.483. The number of ether oxygens (including phenoxy) is 1. The molecule has 0 spiro atoms. The molecule has 1 aliphatic rings. The molecular formula is C31H27ClN2O3. The number of para-hydroxylation sites is 2. The summed E-state index contributed by atoms with van der Waals surface area (Å²) in [7, 11) is 1.60. The van der Waals surface area contributed by atoms with Gasteiger partial charge in [0.15, 0.2) is 0 Å². The van der Waals surface area contributed by atoms with Crippen molar-refractivity contribution in [2.45, 2.75) is 25.4 Å². The lowest BCUT2D eigenvalue weighted by molar-refractivity contribution is 0.0965. The molecule has 37 heavy (non-hydrogen) atoms. The average Bonchev–Trinajstić information content (AvgIpc) is 2.94. The van der Waals surface area contributed by atoms with Crippen molar-refractivity contribution in [1.29, 1.82) is 0 Å². The minimum Gasteiger partial charge on any atom is -0.497 e. The van der Waals surface area contributed by atoms with E-state index < -0.39 is 0 Å². The number of anilines is 2. The lowest BCUT2D eigenvalue weighted by atomic mass is 9.89. The van der Waals surface area contributed by atoms with Crippen molar-refractivity contribution >= 4 is 34.8 Å². The first-order valence-electron chi connectivity index (χ1n) is 12.2.